The number of hydrogen-bond donors (Lipinski definition) is 1. The topological polar surface area (TPSA) is 89.5 Å². The Morgan fingerprint density at radius 1 is 1.12 bits per heavy atom. The number of fused-ring (bicyclic) bond motifs is 2. The third kappa shape index (κ3) is 4.28. The van der Waals surface area contributed by atoms with E-state index in [0.29, 0.717) is 16.8 Å². The van der Waals surface area contributed by atoms with Gasteiger partial charge in [0.2, 0.25) is 0 Å². The van der Waals surface area contributed by atoms with Gasteiger partial charge in [0.25, 0.3) is 11.6 Å². The number of nitrogens with zero attached hydrogens (tertiary/aromatic N) is 3. The quantitative estimate of drug-likeness (QED) is 0.195. The summed E-state index contributed by atoms with van der Waals surface area (Å²) in [7, 11) is 0. The van der Waals surface area contributed by atoms with Crippen LogP contribution in [-0.4, -0.2) is 21.6 Å². The first kappa shape index (κ1) is 21.5. The predicted octanol–water partition coefficient (Wildman–Crippen LogP) is 5.72. The molecule has 9 heteroatoms. The van der Waals surface area contributed by atoms with Crippen LogP contribution in [0.4, 0.5) is 10.1 Å². The second kappa shape index (κ2) is 8.87. The number of hydrogen-bond acceptors (Lipinski definition) is 5. The number of amides is 1. The molecule has 0 fully saturated rings. The van der Waals surface area contributed by atoms with Crippen LogP contribution in [0.25, 0.3) is 21.0 Å². The number of thiophene rings is 1. The number of rotatable bonds is 6. The van der Waals surface area contributed by atoms with Crippen LogP contribution in [0.3, 0.4) is 0 Å². The maximum atomic E-state index is 13.2. The van der Waals surface area contributed by atoms with E-state index in [-0.39, 0.29) is 11.5 Å². The fraction of sp³-hybridized carbons (Fsp3) is 0.0400. The number of nitro groups is 1. The SMILES string of the molecule is O=C(NN=Cc1cn(Cc2ccc(F)cc2)c2ccccc12)c1cc2cc([N+](=O)[O-])ccc2s1. The number of carbonyl (C=O) groups is 1. The lowest BCUT2D eigenvalue weighted by Gasteiger charge is -2.05. The molecule has 5 rings (SSSR count). The van der Waals surface area contributed by atoms with Gasteiger partial charge in [-0.05, 0) is 35.9 Å². The molecule has 0 spiro atoms. The standard InChI is InChI=1S/C25H17FN4O3S/c26-19-7-5-16(6-8-19)14-29-15-18(21-3-1-2-4-22(21)29)13-27-28-25(31)24-12-17-11-20(30(32)33)9-10-23(17)34-24/h1-13,15H,14H2,(H,28,31). The number of halogens is 1. The summed E-state index contributed by atoms with van der Waals surface area (Å²) in [4.78, 5) is 23.5. The minimum absolute atomic E-state index is 0.0210. The van der Waals surface area contributed by atoms with Crippen LogP contribution < -0.4 is 5.43 Å². The van der Waals surface area contributed by atoms with Crippen LogP contribution in [0, 0.1) is 15.9 Å². The van der Waals surface area contributed by atoms with E-state index in [9.17, 15) is 19.3 Å². The van der Waals surface area contributed by atoms with E-state index in [4.69, 9.17) is 0 Å². The fourth-order valence-electron chi connectivity index (χ4n) is 3.77. The third-order valence-electron chi connectivity index (χ3n) is 5.39. The van der Waals surface area contributed by atoms with Crippen molar-refractivity contribution in [3.8, 4) is 0 Å². The molecular formula is C25H17FN4O3S. The van der Waals surface area contributed by atoms with Crippen LogP contribution in [0.15, 0.2) is 84.1 Å². The summed E-state index contributed by atoms with van der Waals surface area (Å²) in [6, 6.07) is 20.3. The van der Waals surface area contributed by atoms with E-state index in [2.05, 4.69) is 10.5 Å². The van der Waals surface area contributed by atoms with E-state index >= 15 is 0 Å². The maximum absolute atomic E-state index is 13.2. The molecule has 0 saturated carbocycles. The molecule has 34 heavy (non-hydrogen) atoms. The molecule has 3 aromatic carbocycles. The Labute approximate surface area is 196 Å². The Balaban J connectivity index is 1.36. The summed E-state index contributed by atoms with van der Waals surface area (Å²) in [5.74, 6) is -0.670. The number of aromatic nitrogens is 1. The van der Waals surface area contributed by atoms with Gasteiger partial charge in [-0.1, -0.05) is 30.3 Å². The van der Waals surface area contributed by atoms with Gasteiger partial charge < -0.3 is 4.57 Å². The molecule has 0 aliphatic carbocycles. The zero-order chi connectivity index (χ0) is 23.7. The van der Waals surface area contributed by atoms with Crippen molar-refractivity contribution < 1.29 is 14.1 Å². The number of hydrazone groups is 1. The van der Waals surface area contributed by atoms with Crippen LogP contribution in [-0.2, 0) is 6.54 Å². The molecule has 2 heterocycles. The molecule has 0 radical (unpaired) electrons. The number of nitro benzene ring substituents is 1. The van der Waals surface area contributed by atoms with Gasteiger partial charge in [-0.3, -0.25) is 14.9 Å². The molecule has 0 aliphatic rings. The molecule has 0 unspecified atom stereocenters. The van der Waals surface area contributed by atoms with Crippen molar-refractivity contribution in [3.05, 3.63) is 111 Å². The van der Waals surface area contributed by atoms with Gasteiger partial charge in [-0.15, -0.1) is 11.3 Å². The first-order chi connectivity index (χ1) is 16.5. The second-order valence-corrected chi connectivity index (χ2v) is 8.73. The summed E-state index contributed by atoms with van der Waals surface area (Å²) >= 11 is 1.24. The minimum atomic E-state index is -0.465. The summed E-state index contributed by atoms with van der Waals surface area (Å²) < 4.78 is 16.1. The summed E-state index contributed by atoms with van der Waals surface area (Å²) in [5.41, 5.74) is 5.29. The van der Waals surface area contributed by atoms with Crippen molar-refractivity contribution >= 4 is 50.1 Å². The first-order valence-electron chi connectivity index (χ1n) is 10.3. The molecule has 7 nitrogen and oxygen atoms in total. The average molecular weight is 473 g/mol. The Morgan fingerprint density at radius 2 is 1.91 bits per heavy atom. The summed E-state index contributed by atoms with van der Waals surface area (Å²) in [5, 5.41) is 16.7. The smallest absolute Gasteiger partial charge is 0.281 e. The van der Waals surface area contributed by atoms with Crippen molar-refractivity contribution in [3.63, 3.8) is 0 Å². The van der Waals surface area contributed by atoms with Gasteiger partial charge in [0.05, 0.1) is 16.0 Å². The van der Waals surface area contributed by atoms with Crippen molar-refractivity contribution in [1.29, 1.82) is 0 Å². The van der Waals surface area contributed by atoms with E-state index in [1.807, 2.05) is 35.0 Å². The lowest BCUT2D eigenvalue weighted by atomic mass is 10.2. The highest BCUT2D eigenvalue weighted by atomic mass is 32.1. The molecule has 0 aliphatic heterocycles. The largest absolute Gasteiger partial charge is 0.342 e. The van der Waals surface area contributed by atoms with E-state index in [1.54, 1.807) is 30.5 Å². The van der Waals surface area contributed by atoms with Gasteiger partial charge in [0.1, 0.15) is 5.82 Å². The van der Waals surface area contributed by atoms with Crippen LogP contribution >= 0.6 is 11.3 Å². The highest BCUT2D eigenvalue weighted by molar-refractivity contribution is 7.20. The number of non-ortho nitro benzene ring substituents is 1. The zero-order valence-electron chi connectivity index (χ0n) is 17.6. The molecule has 0 bridgehead atoms. The van der Waals surface area contributed by atoms with Gasteiger partial charge in [-0.2, -0.15) is 5.10 Å². The average Bonchev–Trinajstić information content (AvgIpc) is 3.42. The number of carbonyl (C=O) groups excluding carboxylic acids is 1. The van der Waals surface area contributed by atoms with Gasteiger partial charge >= 0.3 is 0 Å². The molecule has 1 N–H and O–H groups in total. The second-order valence-electron chi connectivity index (χ2n) is 7.64. The highest BCUT2D eigenvalue weighted by Crippen LogP contribution is 2.29. The van der Waals surface area contributed by atoms with Crippen LogP contribution in [0.1, 0.15) is 20.8 Å². The fourth-order valence-corrected chi connectivity index (χ4v) is 4.70. The lowest BCUT2D eigenvalue weighted by molar-refractivity contribution is -0.384. The van der Waals surface area contributed by atoms with Gasteiger partial charge in [-0.25, -0.2) is 9.82 Å². The summed E-state index contributed by atoms with van der Waals surface area (Å²) in [6.45, 7) is 0.564. The van der Waals surface area contributed by atoms with Gasteiger partial charge in [0, 0.05) is 51.4 Å². The third-order valence-corrected chi connectivity index (χ3v) is 6.50. The van der Waals surface area contributed by atoms with Crippen molar-refractivity contribution in [2.75, 3.05) is 0 Å². The minimum Gasteiger partial charge on any atom is -0.342 e. The predicted molar refractivity (Wildman–Crippen MR) is 131 cm³/mol. The number of benzene rings is 3. The number of para-hydroxylation sites is 1. The van der Waals surface area contributed by atoms with E-state index in [1.165, 1.54) is 35.6 Å². The molecule has 2 aromatic heterocycles. The Hall–Kier alpha value is -4.37. The Kier molecular flexibility index (Phi) is 5.60. The number of nitrogens with one attached hydrogen (secondary N) is 1. The summed E-state index contributed by atoms with van der Waals surface area (Å²) in [6.07, 6.45) is 3.52. The van der Waals surface area contributed by atoms with E-state index in [0.717, 1.165) is 26.7 Å². The van der Waals surface area contributed by atoms with Crippen molar-refractivity contribution in [2.24, 2.45) is 5.10 Å². The molecule has 0 atom stereocenters. The monoisotopic (exact) mass is 472 g/mol. The highest BCUT2D eigenvalue weighted by Gasteiger charge is 2.13. The zero-order valence-corrected chi connectivity index (χ0v) is 18.5. The normalized spacial score (nSPS) is 11.4. The van der Waals surface area contributed by atoms with Gasteiger partial charge in [0.15, 0.2) is 0 Å². The first-order valence-corrected chi connectivity index (χ1v) is 11.1. The molecule has 5 aromatic rings. The molecule has 168 valence electrons. The molecule has 0 saturated heterocycles. The maximum Gasteiger partial charge on any atom is 0.281 e. The van der Waals surface area contributed by atoms with Crippen molar-refractivity contribution in [1.82, 2.24) is 9.99 Å². The molecular weight excluding hydrogens is 455 g/mol. The van der Waals surface area contributed by atoms with Crippen LogP contribution in [0.2, 0.25) is 0 Å². The Morgan fingerprint density at radius 3 is 2.71 bits per heavy atom. The van der Waals surface area contributed by atoms with Crippen molar-refractivity contribution in [2.45, 2.75) is 6.54 Å². The van der Waals surface area contributed by atoms with E-state index < -0.39 is 10.8 Å². The lowest BCUT2D eigenvalue weighted by Crippen LogP contribution is -2.16. The Bertz CT molecular complexity index is 1570. The molecule has 1 amide bonds. The van der Waals surface area contributed by atoms with Crippen LogP contribution in [0.5, 0.6) is 0 Å².